The van der Waals surface area contributed by atoms with E-state index in [1.807, 2.05) is 6.07 Å². The summed E-state index contributed by atoms with van der Waals surface area (Å²) in [4.78, 5) is 11.0. The zero-order valence-electron chi connectivity index (χ0n) is 7.41. The third kappa shape index (κ3) is 1.53. The highest BCUT2D eigenvalue weighted by atomic mass is 79.9. The third-order valence-electron chi connectivity index (χ3n) is 1.90. The van der Waals surface area contributed by atoms with E-state index in [9.17, 15) is 4.79 Å². The Balaban J connectivity index is 2.82. The molecule has 14 heavy (non-hydrogen) atoms. The van der Waals surface area contributed by atoms with E-state index in [1.165, 1.54) is 6.07 Å². The van der Waals surface area contributed by atoms with Crippen molar-refractivity contribution in [3.05, 3.63) is 39.2 Å². The Hall–Kier alpha value is -1.29. The molecular weight excluding hydrogens is 248 g/mol. The minimum absolute atomic E-state index is 0.366. The maximum Gasteiger partial charge on any atom is 0.337 e. The summed E-state index contributed by atoms with van der Waals surface area (Å²) in [6.07, 6.45) is 0. The molecule has 2 aromatic rings. The second-order valence-corrected chi connectivity index (χ2v) is 3.63. The molecule has 0 unspecified atom stereocenters. The molecule has 0 radical (unpaired) electrons. The molecular formula is C10H7BrO3. The van der Waals surface area contributed by atoms with E-state index >= 15 is 0 Å². The smallest absolute Gasteiger partial charge is 0.337 e. The largest absolute Gasteiger partial charge is 0.497 e. The first-order valence-corrected chi connectivity index (χ1v) is 4.77. The maximum atomic E-state index is 11.0. The normalized spacial score (nSPS) is 10.4. The van der Waals surface area contributed by atoms with Crippen molar-refractivity contribution in [3.8, 4) is 5.75 Å². The van der Waals surface area contributed by atoms with Crippen LogP contribution in [0.1, 0.15) is 0 Å². The molecule has 1 aromatic carbocycles. The van der Waals surface area contributed by atoms with Gasteiger partial charge in [0.15, 0.2) is 0 Å². The van der Waals surface area contributed by atoms with Crippen molar-refractivity contribution >= 4 is 26.9 Å². The fraction of sp³-hybridized carbons (Fsp3) is 0.100. The highest BCUT2D eigenvalue weighted by molar-refractivity contribution is 9.10. The fourth-order valence-corrected chi connectivity index (χ4v) is 1.73. The SMILES string of the molecule is COc1ccc2oc(=O)cc(Br)c2c1. The molecule has 3 nitrogen and oxygen atoms in total. The number of halogens is 1. The van der Waals surface area contributed by atoms with E-state index < -0.39 is 0 Å². The first-order chi connectivity index (χ1) is 6.70. The Kier molecular flexibility index (Phi) is 2.29. The van der Waals surface area contributed by atoms with Gasteiger partial charge in [-0.25, -0.2) is 4.79 Å². The summed E-state index contributed by atoms with van der Waals surface area (Å²) in [6, 6.07) is 6.65. The van der Waals surface area contributed by atoms with Crippen LogP contribution in [0.15, 0.2) is 37.9 Å². The van der Waals surface area contributed by atoms with Crippen LogP contribution < -0.4 is 10.4 Å². The van der Waals surface area contributed by atoms with Gasteiger partial charge in [0, 0.05) is 15.9 Å². The van der Waals surface area contributed by atoms with Gasteiger partial charge in [-0.2, -0.15) is 0 Å². The summed E-state index contributed by atoms with van der Waals surface area (Å²) < 4.78 is 10.8. The second kappa shape index (κ2) is 3.46. The first kappa shape index (κ1) is 9.27. The molecule has 0 aliphatic carbocycles. The Morgan fingerprint density at radius 3 is 2.86 bits per heavy atom. The topological polar surface area (TPSA) is 39.4 Å². The summed E-state index contributed by atoms with van der Waals surface area (Å²) in [7, 11) is 1.59. The summed E-state index contributed by atoms with van der Waals surface area (Å²) in [5.41, 5.74) is 0.180. The molecule has 0 saturated carbocycles. The molecule has 1 heterocycles. The van der Waals surface area contributed by atoms with Crippen LogP contribution in [0.3, 0.4) is 0 Å². The summed E-state index contributed by atoms with van der Waals surface area (Å²) in [5, 5.41) is 0.823. The van der Waals surface area contributed by atoms with Crippen molar-refractivity contribution in [1.82, 2.24) is 0 Å². The average Bonchev–Trinajstić information content (AvgIpc) is 2.17. The molecule has 0 atom stereocenters. The highest BCUT2D eigenvalue weighted by Gasteiger charge is 2.03. The molecule has 0 saturated heterocycles. The Morgan fingerprint density at radius 1 is 1.36 bits per heavy atom. The Bertz CT molecular complexity index is 530. The minimum atomic E-state index is -0.366. The zero-order chi connectivity index (χ0) is 10.1. The standard InChI is InChI=1S/C10H7BrO3/c1-13-6-2-3-9-7(4-6)8(11)5-10(12)14-9/h2-5H,1H3. The van der Waals surface area contributed by atoms with Gasteiger partial charge < -0.3 is 9.15 Å². The van der Waals surface area contributed by atoms with E-state index in [-0.39, 0.29) is 5.63 Å². The molecule has 0 aliphatic heterocycles. The Labute approximate surface area is 88.4 Å². The van der Waals surface area contributed by atoms with Gasteiger partial charge >= 0.3 is 5.63 Å². The van der Waals surface area contributed by atoms with Gasteiger partial charge in [0.1, 0.15) is 11.3 Å². The number of fused-ring (bicyclic) bond motifs is 1. The van der Waals surface area contributed by atoms with Gasteiger partial charge in [0.2, 0.25) is 0 Å². The lowest BCUT2D eigenvalue weighted by Gasteiger charge is -2.02. The number of rotatable bonds is 1. The van der Waals surface area contributed by atoms with Gasteiger partial charge in [0.25, 0.3) is 0 Å². The van der Waals surface area contributed by atoms with Gasteiger partial charge in [-0.1, -0.05) is 0 Å². The predicted molar refractivity (Wildman–Crippen MR) is 56.7 cm³/mol. The lowest BCUT2D eigenvalue weighted by Crippen LogP contribution is -1.96. The van der Waals surface area contributed by atoms with Crippen LogP contribution in [0, 0.1) is 0 Å². The lowest BCUT2D eigenvalue weighted by atomic mass is 10.2. The molecule has 0 fully saturated rings. The molecule has 1 aromatic heterocycles. The van der Waals surface area contributed by atoms with E-state index in [1.54, 1.807) is 19.2 Å². The van der Waals surface area contributed by atoms with Crippen molar-refractivity contribution in [1.29, 1.82) is 0 Å². The fourth-order valence-electron chi connectivity index (χ4n) is 1.23. The predicted octanol–water partition coefficient (Wildman–Crippen LogP) is 2.56. The molecule has 0 N–H and O–H groups in total. The monoisotopic (exact) mass is 254 g/mol. The van der Waals surface area contributed by atoms with Gasteiger partial charge in [-0.05, 0) is 34.1 Å². The van der Waals surface area contributed by atoms with Crippen LogP contribution in [0.5, 0.6) is 5.75 Å². The van der Waals surface area contributed by atoms with E-state index in [4.69, 9.17) is 9.15 Å². The van der Waals surface area contributed by atoms with Crippen LogP contribution in [0.4, 0.5) is 0 Å². The highest BCUT2D eigenvalue weighted by Crippen LogP contribution is 2.25. The van der Waals surface area contributed by atoms with Crippen LogP contribution in [-0.4, -0.2) is 7.11 Å². The lowest BCUT2D eigenvalue weighted by molar-refractivity contribution is 0.415. The molecule has 0 amide bonds. The Morgan fingerprint density at radius 2 is 2.14 bits per heavy atom. The van der Waals surface area contributed by atoms with Crippen molar-refractivity contribution in [3.63, 3.8) is 0 Å². The van der Waals surface area contributed by atoms with Crippen molar-refractivity contribution in [2.45, 2.75) is 0 Å². The average molecular weight is 255 g/mol. The van der Waals surface area contributed by atoms with Crippen molar-refractivity contribution in [2.75, 3.05) is 7.11 Å². The zero-order valence-corrected chi connectivity index (χ0v) is 9.00. The second-order valence-electron chi connectivity index (χ2n) is 2.78. The number of benzene rings is 1. The first-order valence-electron chi connectivity index (χ1n) is 3.98. The van der Waals surface area contributed by atoms with Gasteiger partial charge in [-0.15, -0.1) is 0 Å². The van der Waals surface area contributed by atoms with E-state index in [0.29, 0.717) is 10.1 Å². The summed E-state index contributed by atoms with van der Waals surface area (Å²) in [5.74, 6) is 0.729. The number of methoxy groups -OCH3 is 1. The molecule has 0 spiro atoms. The summed E-state index contributed by atoms with van der Waals surface area (Å²) >= 11 is 3.30. The van der Waals surface area contributed by atoms with Crippen LogP contribution in [-0.2, 0) is 0 Å². The van der Waals surface area contributed by atoms with E-state index in [2.05, 4.69) is 15.9 Å². The maximum absolute atomic E-state index is 11.0. The van der Waals surface area contributed by atoms with E-state index in [0.717, 1.165) is 11.1 Å². The number of ether oxygens (including phenoxy) is 1. The molecule has 2 rings (SSSR count). The summed E-state index contributed by atoms with van der Waals surface area (Å²) in [6.45, 7) is 0. The van der Waals surface area contributed by atoms with Crippen LogP contribution in [0.2, 0.25) is 0 Å². The molecule has 0 bridgehead atoms. The quantitative estimate of drug-likeness (QED) is 0.735. The van der Waals surface area contributed by atoms with Crippen molar-refractivity contribution in [2.24, 2.45) is 0 Å². The third-order valence-corrected chi connectivity index (χ3v) is 2.56. The van der Waals surface area contributed by atoms with Crippen LogP contribution >= 0.6 is 15.9 Å². The molecule has 0 aliphatic rings. The molecule has 4 heteroatoms. The van der Waals surface area contributed by atoms with Gasteiger partial charge in [-0.3, -0.25) is 0 Å². The number of hydrogen-bond acceptors (Lipinski definition) is 3. The van der Waals surface area contributed by atoms with Crippen molar-refractivity contribution < 1.29 is 9.15 Å². The van der Waals surface area contributed by atoms with Gasteiger partial charge in [0.05, 0.1) is 7.11 Å². The minimum Gasteiger partial charge on any atom is -0.497 e. The number of hydrogen-bond donors (Lipinski definition) is 0. The molecule has 72 valence electrons. The van der Waals surface area contributed by atoms with Crippen LogP contribution in [0.25, 0.3) is 11.0 Å².